The second-order valence-electron chi connectivity index (χ2n) is 7.43. The molecular weight excluding hydrogens is 320 g/mol. The normalized spacial score (nSPS) is 17.3. The lowest BCUT2D eigenvalue weighted by Gasteiger charge is -2.21. The van der Waals surface area contributed by atoms with Crippen molar-refractivity contribution in [1.82, 2.24) is 9.80 Å². The average molecular weight is 353 g/mol. The van der Waals surface area contributed by atoms with Gasteiger partial charge in [0.15, 0.2) is 0 Å². The Hall–Kier alpha value is -1.68. The number of aliphatic hydroxyl groups is 1. The van der Waals surface area contributed by atoms with Crippen LogP contribution in [0.1, 0.15) is 24.0 Å². The van der Waals surface area contributed by atoms with Crippen molar-refractivity contribution in [3.63, 3.8) is 0 Å². The minimum absolute atomic E-state index is 0.231. The molecule has 3 rings (SSSR count). The number of aliphatic hydroxyl groups excluding tert-OH is 1. The zero-order chi connectivity index (χ0) is 18.0. The standard InChI is InChI=1S/C23H32N2O/c26-23-19-24(15-7-13-21-9-3-1-4-10-21)17-18-25(20-23)16-8-14-22-11-5-2-6-12-22/h1-6,9-12,23,26H,7-8,13-20H2. The molecule has 26 heavy (non-hydrogen) atoms. The Balaban J connectivity index is 1.37. The molecule has 0 spiro atoms. The number of β-amino-alcohol motifs (C(OH)–C–C–N with tert-alkyl or cyclic N) is 1. The van der Waals surface area contributed by atoms with Gasteiger partial charge in [-0.25, -0.2) is 0 Å². The summed E-state index contributed by atoms with van der Waals surface area (Å²) >= 11 is 0. The quantitative estimate of drug-likeness (QED) is 0.790. The highest BCUT2D eigenvalue weighted by Gasteiger charge is 2.20. The molecule has 2 aromatic carbocycles. The molecule has 1 aliphatic heterocycles. The van der Waals surface area contributed by atoms with Crippen LogP contribution in [0.4, 0.5) is 0 Å². The Kier molecular flexibility index (Phi) is 7.68. The van der Waals surface area contributed by atoms with Crippen LogP contribution in [-0.2, 0) is 12.8 Å². The van der Waals surface area contributed by atoms with Crippen molar-refractivity contribution in [2.75, 3.05) is 39.3 Å². The summed E-state index contributed by atoms with van der Waals surface area (Å²) in [7, 11) is 0. The van der Waals surface area contributed by atoms with Crippen LogP contribution in [-0.4, -0.2) is 60.3 Å². The Labute approximate surface area is 158 Å². The minimum atomic E-state index is -0.231. The second-order valence-corrected chi connectivity index (χ2v) is 7.43. The lowest BCUT2D eigenvalue weighted by atomic mass is 10.1. The van der Waals surface area contributed by atoms with Gasteiger partial charge in [0.05, 0.1) is 6.10 Å². The molecule has 0 unspecified atom stereocenters. The Morgan fingerprint density at radius 1 is 0.692 bits per heavy atom. The number of hydrogen-bond donors (Lipinski definition) is 1. The van der Waals surface area contributed by atoms with E-state index in [-0.39, 0.29) is 6.10 Å². The largest absolute Gasteiger partial charge is 0.390 e. The molecule has 140 valence electrons. The van der Waals surface area contributed by atoms with Crippen molar-refractivity contribution in [1.29, 1.82) is 0 Å². The van der Waals surface area contributed by atoms with Gasteiger partial charge in [-0.2, -0.15) is 0 Å². The summed E-state index contributed by atoms with van der Waals surface area (Å²) in [5, 5.41) is 10.4. The molecule has 0 atom stereocenters. The molecule has 0 amide bonds. The zero-order valence-electron chi connectivity index (χ0n) is 15.8. The first-order valence-electron chi connectivity index (χ1n) is 10.0. The lowest BCUT2D eigenvalue weighted by Crippen LogP contribution is -2.34. The molecule has 2 aromatic rings. The third-order valence-corrected chi connectivity index (χ3v) is 5.24. The van der Waals surface area contributed by atoms with Crippen molar-refractivity contribution in [2.24, 2.45) is 0 Å². The van der Waals surface area contributed by atoms with Crippen molar-refractivity contribution in [3.05, 3.63) is 71.8 Å². The first kappa shape index (κ1) is 19.1. The van der Waals surface area contributed by atoms with Crippen molar-refractivity contribution in [3.8, 4) is 0 Å². The van der Waals surface area contributed by atoms with Gasteiger partial charge in [0.2, 0.25) is 0 Å². The number of nitrogens with zero attached hydrogens (tertiary/aromatic N) is 2. The van der Waals surface area contributed by atoms with Gasteiger partial charge in [-0.3, -0.25) is 9.80 Å². The molecule has 3 heteroatoms. The molecule has 0 radical (unpaired) electrons. The van der Waals surface area contributed by atoms with E-state index >= 15 is 0 Å². The summed E-state index contributed by atoms with van der Waals surface area (Å²) in [6.45, 7) is 5.90. The number of benzene rings is 2. The Morgan fingerprint density at radius 2 is 1.12 bits per heavy atom. The number of aryl methyl sites for hydroxylation is 2. The minimum Gasteiger partial charge on any atom is -0.390 e. The predicted octanol–water partition coefficient (Wildman–Crippen LogP) is 3.23. The van der Waals surface area contributed by atoms with Gasteiger partial charge >= 0.3 is 0 Å². The van der Waals surface area contributed by atoms with Crippen LogP contribution in [0.25, 0.3) is 0 Å². The van der Waals surface area contributed by atoms with E-state index < -0.39 is 0 Å². The van der Waals surface area contributed by atoms with Crippen LogP contribution in [0.3, 0.4) is 0 Å². The topological polar surface area (TPSA) is 26.7 Å². The van der Waals surface area contributed by atoms with E-state index in [0.717, 1.165) is 65.0 Å². The molecule has 1 heterocycles. The van der Waals surface area contributed by atoms with Crippen molar-refractivity contribution in [2.45, 2.75) is 31.8 Å². The fraction of sp³-hybridized carbons (Fsp3) is 0.478. The van der Waals surface area contributed by atoms with E-state index in [1.54, 1.807) is 0 Å². The van der Waals surface area contributed by atoms with Gasteiger partial charge in [0.25, 0.3) is 0 Å². The van der Waals surface area contributed by atoms with Crippen LogP contribution >= 0.6 is 0 Å². The van der Waals surface area contributed by atoms with E-state index in [1.165, 1.54) is 11.1 Å². The highest BCUT2D eigenvalue weighted by atomic mass is 16.3. The number of rotatable bonds is 8. The van der Waals surface area contributed by atoms with Gasteiger partial charge in [0, 0.05) is 26.2 Å². The first-order valence-corrected chi connectivity index (χ1v) is 10.0. The second kappa shape index (κ2) is 10.5. The lowest BCUT2D eigenvalue weighted by molar-refractivity contribution is 0.109. The number of hydrogen-bond acceptors (Lipinski definition) is 3. The van der Waals surface area contributed by atoms with Gasteiger partial charge in [-0.1, -0.05) is 60.7 Å². The summed E-state index contributed by atoms with van der Waals surface area (Å²) in [6, 6.07) is 21.4. The summed E-state index contributed by atoms with van der Waals surface area (Å²) in [6.07, 6.45) is 4.32. The fourth-order valence-electron chi connectivity index (χ4n) is 3.83. The average Bonchev–Trinajstić information content (AvgIpc) is 2.84. The smallest absolute Gasteiger partial charge is 0.0793 e. The summed E-state index contributed by atoms with van der Waals surface area (Å²) < 4.78 is 0. The molecule has 3 nitrogen and oxygen atoms in total. The molecule has 0 bridgehead atoms. The summed E-state index contributed by atoms with van der Waals surface area (Å²) in [4.78, 5) is 4.87. The molecule has 0 saturated carbocycles. The Morgan fingerprint density at radius 3 is 1.54 bits per heavy atom. The van der Waals surface area contributed by atoms with Gasteiger partial charge in [-0.15, -0.1) is 0 Å². The van der Waals surface area contributed by atoms with Crippen LogP contribution in [0.2, 0.25) is 0 Å². The molecule has 1 aliphatic rings. The van der Waals surface area contributed by atoms with Crippen LogP contribution < -0.4 is 0 Å². The van der Waals surface area contributed by atoms with Crippen LogP contribution in [0.5, 0.6) is 0 Å². The highest BCUT2D eigenvalue weighted by molar-refractivity contribution is 5.15. The van der Waals surface area contributed by atoms with Crippen molar-refractivity contribution >= 4 is 0 Å². The van der Waals surface area contributed by atoms with Crippen molar-refractivity contribution < 1.29 is 5.11 Å². The van der Waals surface area contributed by atoms with E-state index in [4.69, 9.17) is 0 Å². The SMILES string of the molecule is OC1CN(CCCc2ccccc2)CCN(CCCc2ccccc2)C1. The molecular formula is C23H32N2O. The van der Waals surface area contributed by atoms with Crippen LogP contribution in [0.15, 0.2) is 60.7 Å². The van der Waals surface area contributed by atoms with Gasteiger partial charge < -0.3 is 5.11 Å². The highest BCUT2D eigenvalue weighted by Crippen LogP contribution is 2.09. The molecule has 0 aromatic heterocycles. The molecule has 0 aliphatic carbocycles. The van der Waals surface area contributed by atoms with Crippen LogP contribution in [0, 0.1) is 0 Å². The van der Waals surface area contributed by atoms with Gasteiger partial charge in [0.1, 0.15) is 0 Å². The monoisotopic (exact) mass is 352 g/mol. The molecule has 1 N–H and O–H groups in total. The zero-order valence-corrected chi connectivity index (χ0v) is 15.8. The van der Waals surface area contributed by atoms with E-state index in [9.17, 15) is 5.11 Å². The maximum atomic E-state index is 10.4. The predicted molar refractivity (Wildman–Crippen MR) is 108 cm³/mol. The summed E-state index contributed by atoms with van der Waals surface area (Å²) in [5.41, 5.74) is 2.82. The molecule has 1 saturated heterocycles. The van der Waals surface area contributed by atoms with Gasteiger partial charge in [-0.05, 0) is 49.9 Å². The fourth-order valence-corrected chi connectivity index (χ4v) is 3.83. The first-order chi connectivity index (χ1) is 12.8. The Bertz CT molecular complexity index is 561. The van der Waals surface area contributed by atoms with E-state index in [0.29, 0.717) is 0 Å². The maximum absolute atomic E-state index is 10.4. The van der Waals surface area contributed by atoms with E-state index in [2.05, 4.69) is 70.5 Å². The van der Waals surface area contributed by atoms with E-state index in [1.807, 2.05) is 0 Å². The molecule has 1 fully saturated rings. The summed E-state index contributed by atoms with van der Waals surface area (Å²) in [5.74, 6) is 0. The third kappa shape index (κ3) is 6.56. The third-order valence-electron chi connectivity index (χ3n) is 5.24. The maximum Gasteiger partial charge on any atom is 0.0793 e.